The molecule has 0 bridgehead atoms. The smallest absolute Gasteiger partial charge is 0.339 e. The quantitative estimate of drug-likeness (QED) is 0.680. The number of hydrogen-bond acceptors (Lipinski definition) is 0. The minimum Gasteiger partial charge on any atom is -0.339 e. The van der Waals surface area contributed by atoms with E-state index in [1.165, 1.54) is 5.56 Å². The standard InChI is InChI=1S/C8H9.C5H5.Zr/c1-2-8-6-4-3-5-7-8;1-2-4-5-3-1;/h3-7H,1-2H2;1-3H,4H2;/q2*-1;+2. The molecule has 0 atom stereocenters. The van der Waals surface area contributed by atoms with Crippen LogP contribution >= 0.6 is 0 Å². The molecule has 0 nitrogen and oxygen atoms in total. The number of benzene rings is 1. The van der Waals surface area contributed by atoms with Crippen molar-refractivity contribution in [1.82, 2.24) is 0 Å². The van der Waals surface area contributed by atoms with E-state index in [0.717, 1.165) is 12.8 Å². The Hall–Kier alpha value is -0.417. The summed E-state index contributed by atoms with van der Waals surface area (Å²) in [5.74, 6) is 0. The van der Waals surface area contributed by atoms with Crippen molar-refractivity contribution >= 4 is 0 Å². The second-order valence-electron chi connectivity index (χ2n) is 2.74. The van der Waals surface area contributed by atoms with E-state index in [9.17, 15) is 0 Å². The third kappa shape index (κ3) is 6.10. The van der Waals surface area contributed by atoms with Crippen molar-refractivity contribution in [2.45, 2.75) is 12.8 Å². The summed E-state index contributed by atoms with van der Waals surface area (Å²) in [6.45, 7) is 3.76. The Kier molecular flexibility index (Phi) is 8.88. The first kappa shape index (κ1) is 13.6. The summed E-state index contributed by atoms with van der Waals surface area (Å²) >= 11 is 0. The van der Waals surface area contributed by atoms with Gasteiger partial charge in [-0.3, -0.25) is 6.08 Å². The van der Waals surface area contributed by atoms with Gasteiger partial charge in [0, 0.05) is 0 Å². The summed E-state index contributed by atoms with van der Waals surface area (Å²) in [5, 5.41) is 0. The fourth-order valence-electron chi connectivity index (χ4n) is 0.985. The predicted molar refractivity (Wildman–Crippen MR) is 57.1 cm³/mol. The fraction of sp³-hybridized carbons (Fsp3) is 0.154. The largest absolute Gasteiger partial charge is 2.00 e. The van der Waals surface area contributed by atoms with Gasteiger partial charge in [0.2, 0.25) is 0 Å². The van der Waals surface area contributed by atoms with E-state index >= 15 is 0 Å². The minimum absolute atomic E-state index is 0. The van der Waals surface area contributed by atoms with E-state index in [2.05, 4.69) is 31.2 Å². The SMILES string of the molecule is [C-]1=CC=CC1.[CH2-]Cc1ccccc1.[Zr+2]. The third-order valence-corrected chi connectivity index (χ3v) is 1.72. The molecule has 0 spiro atoms. The average molecular weight is 261 g/mol. The first-order valence-electron chi connectivity index (χ1n) is 4.48. The molecule has 0 aromatic heterocycles. The van der Waals surface area contributed by atoms with Crippen LogP contribution in [0.25, 0.3) is 0 Å². The van der Waals surface area contributed by atoms with Gasteiger partial charge in [0.05, 0.1) is 0 Å². The Bertz CT molecular complexity index is 263. The second-order valence-corrected chi connectivity index (χ2v) is 2.74. The number of hydrogen-bond donors (Lipinski definition) is 0. The predicted octanol–water partition coefficient (Wildman–Crippen LogP) is 3.37. The van der Waals surface area contributed by atoms with Crippen LogP contribution in [0.1, 0.15) is 12.0 Å². The Morgan fingerprint density at radius 2 is 1.93 bits per heavy atom. The zero-order valence-electron chi connectivity index (χ0n) is 8.24. The van der Waals surface area contributed by atoms with Gasteiger partial charge in [-0.25, -0.2) is 12.2 Å². The molecule has 1 aromatic rings. The average Bonchev–Trinajstić information content (AvgIpc) is 2.77. The molecular weight excluding hydrogens is 247 g/mol. The summed E-state index contributed by atoms with van der Waals surface area (Å²) in [6, 6.07) is 10.2. The maximum Gasteiger partial charge on any atom is 2.00 e. The molecule has 0 heterocycles. The van der Waals surface area contributed by atoms with Crippen molar-refractivity contribution < 1.29 is 26.2 Å². The van der Waals surface area contributed by atoms with E-state index in [1.54, 1.807) is 0 Å². The van der Waals surface area contributed by atoms with Gasteiger partial charge in [-0.05, 0) is 0 Å². The van der Waals surface area contributed by atoms with Gasteiger partial charge in [-0.2, -0.15) is 12.5 Å². The van der Waals surface area contributed by atoms with Crippen molar-refractivity contribution in [1.29, 1.82) is 0 Å². The van der Waals surface area contributed by atoms with Crippen molar-refractivity contribution in [3.8, 4) is 0 Å². The van der Waals surface area contributed by atoms with Gasteiger partial charge in [0.1, 0.15) is 0 Å². The first-order chi connectivity index (χ1) is 6.43. The molecule has 1 aliphatic rings. The van der Waals surface area contributed by atoms with Crippen molar-refractivity contribution in [3.63, 3.8) is 0 Å². The molecule has 0 fully saturated rings. The van der Waals surface area contributed by atoms with E-state index in [4.69, 9.17) is 0 Å². The molecule has 0 radical (unpaired) electrons. The minimum atomic E-state index is 0. The van der Waals surface area contributed by atoms with E-state index in [1.807, 2.05) is 30.4 Å². The molecule has 1 aliphatic carbocycles. The number of allylic oxidation sites excluding steroid dienone is 4. The van der Waals surface area contributed by atoms with Crippen molar-refractivity contribution in [2.24, 2.45) is 0 Å². The maximum atomic E-state index is 3.76. The van der Waals surface area contributed by atoms with Crippen LogP contribution in [0.15, 0.2) is 48.6 Å². The maximum absolute atomic E-state index is 3.76. The zero-order chi connectivity index (χ0) is 9.36. The fourth-order valence-corrected chi connectivity index (χ4v) is 0.985. The summed E-state index contributed by atoms with van der Waals surface area (Å²) in [5.41, 5.74) is 1.30. The van der Waals surface area contributed by atoms with Crippen molar-refractivity contribution in [2.75, 3.05) is 0 Å². The topological polar surface area (TPSA) is 0 Å². The third-order valence-electron chi connectivity index (χ3n) is 1.72. The molecule has 0 unspecified atom stereocenters. The van der Waals surface area contributed by atoms with E-state index in [-0.39, 0.29) is 26.2 Å². The zero-order valence-corrected chi connectivity index (χ0v) is 10.7. The van der Waals surface area contributed by atoms with Crippen LogP contribution in [0.3, 0.4) is 0 Å². The van der Waals surface area contributed by atoms with E-state index in [0.29, 0.717) is 0 Å². The van der Waals surface area contributed by atoms with Gasteiger partial charge in [0.15, 0.2) is 0 Å². The molecule has 0 saturated carbocycles. The summed E-state index contributed by atoms with van der Waals surface area (Å²) in [4.78, 5) is 0. The second kappa shape index (κ2) is 9.15. The molecule has 14 heavy (non-hydrogen) atoms. The van der Waals surface area contributed by atoms with Crippen LogP contribution in [-0.4, -0.2) is 0 Å². The molecule has 0 aliphatic heterocycles. The van der Waals surface area contributed by atoms with Crippen molar-refractivity contribution in [3.05, 3.63) is 67.1 Å². The van der Waals surface area contributed by atoms with Gasteiger partial charge in [-0.15, -0.1) is 6.42 Å². The Morgan fingerprint density at radius 3 is 2.21 bits per heavy atom. The van der Waals surface area contributed by atoms with Gasteiger partial charge < -0.3 is 6.92 Å². The molecule has 0 saturated heterocycles. The van der Waals surface area contributed by atoms with E-state index < -0.39 is 0 Å². The monoisotopic (exact) mass is 260 g/mol. The Morgan fingerprint density at radius 1 is 1.21 bits per heavy atom. The van der Waals surface area contributed by atoms with Gasteiger partial charge in [-0.1, -0.05) is 35.9 Å². The Labute approximate surface area is 106 Å². The van der Waals surface area contributed by atoms with Gasteiger partial charge >= 0.3 is 26.2 Å². The molecule has 1 aromatic carbocycles. The summed E-state index contributed by atoms with van der Waals surface area (Å²) < 4.78 is 0. The van der Waals surface area contributed by atoms with Gasteiger partial charge in [0.25, 0.3) is 0 Å². The summed E-state index contributed by atoms with van der Waals surface area (Å²) in [7, 11) is 0. The van der Waals surface area contributed by atoms with Crippen LogP contribution in [0, 0.1) is 13.0 Å². The number of rotatable bonds is 1. The first-order valence-corrected chi connectivity index (χ1v) is 4.48. The molecule has 2 rings (SSSR count). The Balaban J connectivity index is 0.000000246. The van der Waals surface area contributed by atoms with Crippen LogP contribution < -0.4 is 0 Å². The molecule has 1 heteroatoms. The normalized spacial score (nSPS) is 11.5. The van der Waals surface area contributed by atoms with Crippen LogP contribution in [0.2, 0.25) is 0 Å². The molecule has 0 N–H and O–H groups in total. The van der Waals surface area contributed by atoms with Crippen LogP contribution in [0.5, 0.6) is 0 Å². The van der Waals surface area contributed by atoms with Crippen LogP contribution in [0.4, 0.5) is 0 Å². The summed E-state index contributed by atoms with van der Waals surface area (Å²) in [6.07, 6.45) is 10.9. The molecule has 70 valence electrons. The molecule has 0 amide bonds. The van der Waals surface area contributed by atoms with Crippen LogP contribution in [-0.2, 0) is 32.6 Å². The molecular formula is C13H14Zr.